The van der Waals surface area contributed by atoms with Crippen molar-refractivity contribution in [1.29, 1.82) is 0 Å². The van der Waals surface area contributed by atoms with Crippen LogP contribution in [0.2, 0.25) is 0 Å². The van der Waals surface area contributed by atoms with Crippen molar-refractivity contribution in [3.8, 4) is 0 Å². The maximum absolute atomic E-state index is 12.4. The fourth-order valence-corrected chi connectivity index (χ4v) is 3.26. The van der Waals surface area contributed by atoms with Crippen LogP contribution in [0, 0.1) is 0 Å². The highest BCUT2D eigenvalue weighted by molar-refractivity contribution is 9.10. The van der Waals surface area contributed by atoms with E-state index in [4.69, 9.17) is 4.74 Å². The van der Waals surface area contributed by atoms with Crippen LogP contribution in [0.3, 0.4) is 0 Å². The summed E-state index contributed by atoms with van der Waals surface area (Å²) in [5.41, 5.74) is 0.326. The van der Waals surface area contributed by atoms with Gasteiger partial charge in [-0.2, -0.15) is 0 Å². The Bertz CT molecular complexity index is 734. The third-order valence-electron chi connectivity index (χ3n) is 2.80. The Morgan fingerprint density at radius 1 is 1.00 bits per heavy atom. The molecule has 0 amide bonds. The van der Waals surface area contributed by atoms with Gasteiger partial charge in [-0.15, -0.1) is 0 Å². The number of sulfone groups is 1. The molecule has 0 fully saturated rings. The number of hydrogen-bond donors (Lipinski definition) is 0. The van der Waals surface area contributed by atoms with E-state index in [1.165, 1.54) is 36.4 Å². The number of rotatable bonds is 4. The monoisotopic (exact) mass is 368 g/mol. The highest BCUT2D eigenvalue weighted by atomic mass is 79.9. The average molecular weight is 369 g/mol. The van der Waals surface area contributed by atoms with Gasteiger partial charge in [-0.3, -0.25) is 0 Å². The Morgan fingerprint density at radius 2 is 1.48 bits per heavy atom. The largest absolute Gasteiger partial charge is 0.462 e. The van der Waals surface area contributed by atoms with E-state index in [1.807, 2.05) is 0 Å². The van der Waals surface area contributed by atoms with Crippen LogP contribution in [-0.2, 0) is 14.6 Å². The lowest BCUT2D eigenvalue weighted by molar-refractivity contribution is 0.0526. The minimum Gasteiger partial charge on any atom is -0.462 e. The summed E-state index contributed by atoms with van der Waals surface area (Å²) >= 11 is 3.26. The predicted octanol–water partition coefficient (Wildman–Crippen LogP) is 3.46. The van der Waals surface area contributed by atoms with Crippen molar-refractivity contribution in [3.05, 3.63) is 58.6 Å². The summed E-state index contributed by atoms with van der Waals surface area (Å²) < 4.78 is 30.5. The first kappa shape index (κ1) is 15.7. The van der Waals surface area contributed by atoms with Crippen molar-refractivity contribution in [1.82, 2.24) is 0 Å². The maximum atomic E-state index is 12.4. The van der Waals surface area contributed by atoms with Crippen LogP contribution in [0.5, 0.6) is 0 Å². The van der Waals surface area contributed by atoms with Gasteiger partial charge in [0.15, 0.2) is 0 Å². The molecule has 4 nitrogen and oxygen atoms in total. The smallest absolute Gasteiger partial charge is 0.338 e. The molecule has 0 saturated heterocycles. The van der Waals surface area contributed by atoms with Crippen molar-refractivity contribution in [2.45, 2.75) is 16.7 Å². The predicted molar refractivity (Wildman–Crippen MR) is 82.0 cm³/mol. The summed E-state index contributed by atoms with van der Waals surface area (Å²) in [6, 6.07) is 12.1. The van der Waals surface area contributed by atoms with Gasteiger partial charge in [-0.25, -0.2) is 13.2 Å². The Hall–Kier alpha value is -1.66. The second-order valence-electron chi connectivity index (χ2n) is 4.20. The number of esters is 1. The Morgan fingerprint density at radius 3 is 1.95 bits per heavy atom. The topological polar surface area (TPSA) is 60.4 Å². The van der Waals surface area contributed by atoms with E-state index in [-0.39, 0.29) is 16.4 Å². The van der Waals surface area contributed by atoms with E-state index in [0.29, 0.717) is 5.56 Å². The number of benzene rings is 2. The standard InChI is InChI=1S/C15H13BrO4S/c1-2-20-15(17)11-3-7-13(8-4-11)21(18,19)14-9-5-12(16)6-10-14/h3-10H,2H2,1H3. The number of carbonyl (C=O) groups excluding carboxylic acids is 1. The van der Waals surface area contributed by atoms with Crippen LogP contribution in [-0.4, -0.2) is 21.0 Å². The highest BCUT2D eigenvalue weighted by Crippen LogP contribution is 2.23. The number of carbonyl (C=O) groups is 1. The van der Waals surface area contributed by atoms with Crippen LogP contribution in [0.1, 0.15) is 17.3 Å². The third-order valence-corrected chi connectivity index (χ3v) is 5.11. The average Bonchev–Trinajstić information content (AvgIpc) is 2.48. The Kier molecular flexibility index (Phi) is 4.80. The van der Waals surface area contributed by atoms with Crippen molar-refractivity contribution in [2.75, 3.05) is 6.61 Å². The minimum absolute atomic E-state index is 0.137. The summed E-state index contributed by atoms with van der Waals surface area (Å²) in [6.07, 6.45) is 0. The molecule has 0 aliphatic heterocycles. The molecule has 2 aromatic carbocycles. The molecule has 0 aliphatic carbocycles. The summed E-state index contributed by atoms with van der Waals surface area (Å²) in [4.78, 5) is 11.9. The van der Waals surface area contributed by atoms with E-state index >= 15 is 0 Å². The summed E-state index contributed by atoms with van der Waals surface area (Å²) in [6.45, 7) is 1.99. The fourth-order valence-electron chi connectivity index (χ4n) is 1.73. The number of ether oxygens (including phenoxy) is 1. The SMILES string of the molecule is CCOC(=O)c1ccc(S(=O)(=O)c2ccc(Br)cc2)cc1. The highest BCUT2D eigenvalue weighted by Gasteiger charge is 2.18. The number of hydrogen-bond acceptors (Lipinski definition) is 4. The normalized spacial score (nSPS) is 11.1. The summed E-state index contributed by atoms with van der Waals surface area (Å²) in [5.74, 6) is -0.468. The van der Waals surface area contributed by atoms with E-state index in [9.17, 15) is 13.2 Å². The lowest BCUT2D eigenvalue weighted by Crippen LogP contribution is -2.06. The molecule has 0 spiro atoms. The molecule has 0 unspecified atom stereocenters. The first-order valence-electron chi connectivity index (χ1n) is 6.23. The molecule has 0 heterocycles. The van der Waals surface area contributed by atoms with Crippen LogP contribution in [0.15, 0.2) is 62.8 Å². The molecule has 0 aliphatic rings. The van der Waals surface area contributed by atoms with Crippen molar-refractivity contribution in [2.24, 2.45) is 0 Å². The zero-order chi connectivity index (χ0) is 15.5. The van der Waals surface area contributed by atoms with E-state index in [2.05, 4.69) is 15.9 Å². The van der Waals surface area contributed by atoms with Gasteiger partial charge < -0.3 is 4.74 Å². The van der Waals surface area contributed by atoms with Gasteiger partial charge in [0.25, 0.3) is 0 Å². The fraction of sp³-hybridized carbons (Fsp3) is 0.133. The van der Waals surface area contributed by atoms with Gasteiger partial charge in [0.05, 0.1) is 22.0 Å². The van der Waals surface area contributed by atoms with Crippen LogP contribution in [0.25, 0.3) is 0 Å². The van der Waals surface area contributed by atoms with Crippen LogP contribution < -0.4 is 0 Å². The Balaban J connectivity index is 2.33. The van der Waals surface area contributed by atoms with Gasteiger partial charge in [0.2, 0.25) is 9.84 Å². The second-order valence-corrected chi connectivity index (χ2v) is 7.07. The molecule has 0 aromatic heterocycles. The number of halogens is 1. The van der Waals surface area contributed by atoms with Crippen molar-refractivity contribution in [3.63, 3.8) is 0 Å². The molecule has 6 heteroatoms. The van der Waals surface area contributed by atoms with Crippen LogP contribution >= 0.6 is 15.9 Å². The Labute approximate surface area is 131 Å². The molecule has 110 valence electrons. The first-order chi connectivity index (χ1) is 9.95. The maximum Gasteiger partial charge on any atom is 0.338 e. The lowest BCUT2D eigenvalue weighted by Gasteiger charge is -2.06. The summed E-state index contributed by atoms with van der Waals surface area (Å²) in [7, 11) is -3.58. The van der Waals surface area contributed by atoms with Gasteiger partial charge in [0, 0.05) is 4.47 Å². The molecule has 0 N–H and O–H groups in total. The third kappa shape index (κ3) is 3.51. The zero-order valence-electron chi connectivity index (χ0n) is 11.2. The molecule has 0 saturated carbocycles. The summed E-state index contributed by atoms with van der Waals surface area (Å²) in [5, 5.41) is 0. The van der Waals surface area contributed by atoms with Crippen molar-refractivity contribution >= 4 is 31.7 Å². The molecule has 0 bridgehead atoms. The van der Waals surface area contributed by atoms with Crippen LogP contribution in [0.4, 0.5) is 0 Å². The lowest BCUT2D eigenvalue weighted by atomic mass is 10.2. The van der Waals surface area contributed by atoms with Gasteiger partial charge in [-0.05, 0) is 55.5 Å². The van der Waals surface area contributed by atoms with Gasteiger partial charge >= 0.3 is 5.97 Å². The van der Waals surface area contributed by atoms with E-state index in [0.717, 1.165) is 4.47 Å². The zero-order valence-corrected chi connectivity index (χ0v) is 13.6. The molecule has 0 radical (unpaired) electrons. The molecular weight excluding hydrogens is 356 g/mol. The van der Waals surface area contributed by atoms with Crippen molar-refractivity contribution < 1.29 is 17.9 Å². The van der Waals surface area contributed by atoms with Gasteiger partial charge in [0.1, 0.15) is 0 Å². The second kappa shape index (κ2) is 6.41. The van der Waals surface area contributed by atoms with Gasteiger partial charge in [-0.1, -0.05) is 15.9 Å². The molecule has 0 atom stereocenters. The van der Waals surface area contributed by atoms with E-state index in [1.54, 1.807) is 19.1 Å². The molecule has 2 aromatic rings. The molecule has 21 heavy (non-hydrogen) atoms. The molecule has 2 rings (SSSR count). The molecular formula is C15H13BrO4S. The quantitative estimate of drug-likeness (QED) is 0.775. The van der Waals surface area contributed by atoms with E-state index < -0.39 is 15.8 Å². The minimum atomic E-state index is -3.58. The first-order valence-corrected chi connectivity index (χ1v) is 8.50.